The molecule has 2 aromatic carbocycles. The topological polar surface area (TPSA) is 196 Å². The van der Waals surface area contributed by atoms with Crippen LogP contribution in [-0.2, 0) is 52.8 Å². The fourth-order valence-electron chi connectivity index (χ4n) is 9.98. The first kappa shape index (κ1) is 49.0. The zero-order valence-corrected chi connectivity index (χ0v) is 39.9. The second kappa shape index (κ2) is 19.3. The van der Waals surface area contributed by atoms with Gasteiger partial charge in [0.2, 0.25) is 17.5 Å². The molecule has 0 radical (unpaired) electrons. The molecule has 5 heterocycles. The summed E-state index contributed by atoms with van der Waals surface area (Å²) in [6, 6.07) is 13.7. The van der Waals surface area contributed by atoms with Crippen LogP contribution in [0.4, 0.5) is 0 Å². The number of ether oxygens (including phenoxy) is 2. The predicted octanol–water partition coefficient (Wildman–Crippen LogP) is 4.70. The second-order valence-corrected chi connectivity index (χ2v) is 19.4. The van der Waals surface area contributed by atoms with Gasteiger partial charge >= 0.3 is 5.97 Å². The summed E-state index contributed by atoms with van der Waals surface area (Å²) in [5.74, 6) is -3.84. The maximum atomic E-state index is 14.7. The molecule has 3 aliphatic rings. The number of nitrogens with one attached hydrogen (secondary N) is 2. The van der Waals surface area contributed by atoms with E-state index in [0.29, 0.717) is 18.5 Å². The fraction of sp³-hybridized carbons (Fsp3) is 0.490. The summed E-state index contributed by atoms with van der Waals surface area (Å²) in [5, 5.41) is 28.4. The average molecular weight is 920 g/mol. The number of likely N-dealkylation sites (N-methyl/N-ethyl adjacent to an activating group) is 1. The number of fused-ring (bicyclic) bond motifs is 6. The molecule has 16 heteroatoms. The number of likely N-dealkylation sites (tertiary alicyclic amines) is 1. The Bertz CT molecular complexity index is 2570. The summed E-state index contributed by atoms with van der Waals surface area (Å²) in [4.78, 5) is 76.6. The van der Waals surface area contributed by atoms with Crippen LogP contribution in [0.2, 0.25) is 0 Å². The zero-order valence-electron chi connectivity index (χ0n) is 39.9. The number of rotatable bonds is 10. The highest BCUT2D eigenvalue weighted by molar-refractivity contribution is 5.97. The van der Waals surface area contributed by atoms with Crippen molar-refractivity contribution in [1.82, 2.24) is 35.1 Å². The Morgan fingerprint density at radius 2 is 1.82 bits per heavy atom. The Morgan fingerprint density at radius 3 is 2.52 bits per heavy atom. The Labute approximate surface area is 392 Å². The molecule has 6 bridgehead atoms. The summed E-state index contributed by atoms with van der Waals surface area (Å²) >= 11 is 0. The van der Waals surface area contributed by atoms with Gasteiger partial charge in [-0.3, -0.25) is 29.2 Å². The van der Waals surface area contributed by atoms with Gasteiger partial charge in [0, 0.05) is 87.3 Å². The molecule has 0 unspecified atom stereocenters. The predicted molar refractivity (Wildman–Crippen MR) is 253 cm³/mol. The van der Waals surface area contributed by atoms with Gasteiger partial charge < -0.3 is 39.4 Å². The van der Waals surface area contributed by atoms with E-state index in [9.17, 15) is 34.2 Å². The molecule has 2 saturated heterocycles. The van der Waals surface area contributed by atoms with Crippen LogP contribution in [0.25, 0.3) is 33.3 Å². The van der Waals surface area contributed by atoms with E-state index in [2.05, 4.69) is 52.0 Å². The molecule has 0 saturated carbocycles. The number of carbonyl (C=O) groups excluding carboxylic acids is 5. The molecule has 7 rings (SSSR count). The first-order valence-corrected chi connectivity index (χ1v) is 23.2. The largest absolute Gasteiger partial charge is 0.462 e. The third-order valence-corrected chi connectivity index (χ3v) is 13.6. The average Bonchev–Trinajstić information content (AvgIpc) is 3.86. The number of hydrogen-bond donors (Lipinski definition) is 4. The Hall–Kier alpha value is -5.94. The lowest BCUT2D eigenvalue weighted by atomic mass is 9.84. The van der Waals surface area contributed by atoms with Crippen molar-refractivity contribution in [2.75, 3.05) is 40.4 Å². The minimum absolute atomic E-state index is 0.00399. The number of carbonyl (C=O) groups is 5. The van der Waals surface area contributed by atoms with E-state index in [0.717, 1.165) is 55.5 Å². The lowest BCUT2D eigenvalue weighted by Crippen LogP contribution is -2.67. The van der Waals surface area contributed by atoms with Crippen molar-refractivity contribution >= 4 is 40.5 Å². The van der Waals surface area contributed by atoms with Crippen molar-refractivity contribution in [2.45, 2.75) is 110 Å². The number of esters is 1. The van der Waals surface area contributed by atoms with Crippen LogP contribution in [0.15, 0.2) is 73.6 Å². The second-order valence-electron chi connectivity index (χ2n) is 19.4. The molecule has 0 spiro atoms. The summed E-state index contributed by atoms with van der Waals surface area (Å²) in [6.45, 7) is 15.7. The van der Waals surface area contributed by atoms with Crippen LogP contribution in [0.1, 0.15) is 83.6 Å². The molecule has 4 amide bonds. The fourth-order valence-corrected chi connectivity index (χ4v) is 9.98. The van der Waals surface area contributed by atoms with Crippen molar-refractivity contribution < 1.29 is 43.7 Å². The van der Waals surface area contributed by atoms with Gasteiger partial charge in [0.15, 0.2) is 5.60 Å². The van der Waals surface area contributed by atoms with E-state index < -0.39 is 64.3 Å². The summed E-state index contributed by atoms with van der Waals surface area (Å²) in [7, 11) is 3.10. The van der Waals surface area contributed by atoms with E-state index in [1.54, 1.807) is 27.2 Å². The Kier molecular flexibility index (Phi) is 14.1. The molecule has 3 aliphatic heterocycles. The molecule has 2 fully saturated rings. The van der Waals surface area contributed by atoms with Gasteiger partial charge in [0.1, 0.15) is 12.1 Å². The third kappa shape index (κ3) is 9.76. The van der Waals surface area contributed by atoms with E-state index in [1.165, 1.54) is 16.8 Å². The highest BCUT2D eigenvalue weighted by Gasteiger charge is 2.49. The number of aryl methyl sites for hydroxylation is 1. The van der Waals surface area contributed by atoms with Gasteiger partial charge in [-0.15, -0.1) is 0 Å². The van der Waals surface area contributed by atoms with Gasteiger partial charge in [-0.05, 0) is 84.7 Å². The molecule has 5 atom stereocenters. The number of benzene rings is 2. The highest BCUT2D eigenvalue weighted by Crippen LogP contribution is 2.42. The van der Waals surface area contributed by atoms with Crippen LogP contribution in [0.3, 0.4) is 0 Å². The van der Waals surface area contributed by atoms with Crippen LogP contribution >= 0.6 is 0 Å². The molecule has 16 nitrogen and oxygen atoms in total. The maximum Gasteiger partial charge on any atom is 0.355 e. The summed E-state index contributed by atoms with van der Waals surface area (Å²) in [5.41, 5.74) is 5.37. The van der Waals surface area contributed by atoms with Crippen molar-refractivity contribution in [1.29, 1.82) is 0 Å². The smallest absolute Gasteiger partial charge is 0.355 e. The van der Waals surface area contributed by atoms with Crippen molar-refractivity contribution in [3.63, 3.8) is 0 Å². The van der Waals surface area contributed by atoms with Crippen LogP contribution in [-0.4, -0.2) is 128 Å². The molecular weight excluding hydrogens is 855 g/mol. The Morgan fingerprint density at radius 1 is 1.07 bits per heavy atom. The van der Waals surface area contributed by atoms with Crippen molar-refractivity contribution in [3.8, 4) is 22.4 Å². The van der Waals surface area contributed by atoms with Crippen LogP contribution in [0.5, 0.6) is 0 Å². The lowest BCUT2D eigenvalue weighted by molar-refractivity contribution is -0.189. The molecule has 4 aromatic rings. The monoisotopic (exact) mass is 919 g/mol. The number of aliphatic hydroxyl groups is 2. The number of cyclic esters (lactones) is 1. The zero-order chi connectivity index (χ0) is 48.6. The summed E-state index contributed by atoms with van der Waals surface area (Å²) < 4.78 is 14.1. The van der Waals surface area contributed by atoms with Crippen LogP contribution < -0.4 is 10.7 Å². The van der Waals surface area contributed by atoms with E-state index in [-0.39, 0.29) is 58.0 Å². The molecular formula is C51H65N7O9. The van der Waals surface area contributed by atoms with Crippen LogP contribution in [0, 0.1) is 11.3 Å². The summed E-state index contributed by atoms with van der Waals surface area (Å²) in [6.07, 6.45) is 5.20. The maximum absolute atomic E-state index is 14.7. The minimum atomic E-state index is -2.26. The lowest BCUT2D eigenvalue weighted by Gasteiger charge is -2.40. The number of methoxy groups -OCH3 is 1. The van der Waals surface area contributed by atoms with Gasteiger partial charge in [0.05, 0.1) is 24.9 Å². The van der Waals surface area contributed by atoms with Gasteiger partial charge in [0.25, 0.3) is 11.8 Å². The molecule has 67 heavy (non-hydrogen) atoms. The number of hydrogen-bond acceptors (Lipinski definition) is 11. The SMILES string of the molecule is C=CC(=O)N1CC[C@@](O)(C(=O)N(C)[C@H](C(=O)N[C@H]2Cc3cccc(c3)-c3ccc4c(c3)c(c(-c3cnccc3[C@H](C)OC)n4CC)CC(C)(C)COC(=O)[C@@]3(O)CCCN(N3)C2=O)C(C)C)C1. The molecule has 4 N–H and O–H groups in total. The van der Waals surface area contributed by atoms with E-state index in [4.69, 9.17) is 9.47 Å². The first-order valence-electron chi connectivity index (χ1n) is 23.2. The third-order valence-electron chi connectivity index (χ3n) is 13.6. The van der Waals surface area contributed by atoms with Crippen molar-refractivity contribution in [3.05, 3.63) is 90.3 Å². The number of β-amino-alcohol motifs (C(OH)–C–C–N with tert-alkyl or cyclic N) is 1. The number of aromatic nitrogens is 2. The number of amides is 4. The number of pyridine rings is 1. The molecule has 2 aromatic heterocycles. The number of nitrogens with zero attached hydrogens (tertiary/aromatic N) is 5. The standard InChI is InChI=1S/C51H65N7O9/c1-10-42(59)56-23-20-50(64,29-56)47(62)55(8)43(31(3)4)45(60)53-40-25-33-14-12-15-34(24-33)35-16-17-41-37(26-35)38(44(57(41)11-2)39-28-52-21-18-36(39)32(5)66-9)27-49(6,7)30-67-48(63)51(65)19-13-22-58(54-51)46(40)61/h10,12,14-18,21,24,26,28,31-32,40,43,54,64-65H,1,11,13,19-20,22-23,25,27,29-30H2,2-9H3,(H,53,60)/t32-,40-,43-,50-,51-/m0/s1. The number of hydrazine groups is 1. The molecule has 0 aliphatic carbocycles. The highest BCUT2D eigenvalue weighted by atomic mass is 16.6. The van der Waals surface area contributed by atoms with Gasteiger partial charge in [-0.1, -0.05) is 64.6 Å². The van der Waals surface area contributed by atoms with Gasteiger partial charge in [-0.2, -0.15) is 5.43 Å². The first-order chi connectivity index (χ1) is 31.7. The van der Waals surface area contributed by atoms with Crippen molar-refractivity contribution in [2.24, 2.45) is 11.3 Å². The molecule has 358 valence electrons. The van der Waals surface area contributed by atoms with E-state index >= 15 is 0 Å². The van der Waals surface area contributed by atoms with E-state index in [1.807, 2.05) is 57.3 Å². The quantitative estimate of drug-likeness (QED) is 0.127. The minimum Gasteiger partial charge on any atom is -0.462 e. The van der Waals surface area contributed by atoms with Gasteiger partial charge in [-0.25, -0.2) is 4.79 Å². The Balaban J connectivity index is 1.31. The normalized spacial score (nSPS) is 23.1.